The van der Waals surface area contributed by atoms with Crippen LogP contribution >= 0.6 is 11.3 Å². The van der Waals surface area contributed by atoms with Crippen molar-refractivity contribution in [3.05, 3.63) is 22.4 Å². The molecule has 1 spiro atoms. The predicted octanol–water partition coefficient (Wildman–Crippen LogP) is 3.88. The normalized spacial score (nSPS) is 27.2. The van der Waals surface area contributed by atoms with Crippen molar-refractivity contribution in [1.29, 1.82) is 0 Å². The number of nitrogens with one attached hydrogen (secondary N) is 1. The van der Waals surface area contributed by atoms with Crippen molar-refractivity contribution < 1.29 is 0 Å². The molecule has 1 aromatic heterocycles. The summed E-state index contributed by atoms with van der Waals surface area (Å²) < 4.78 is 0. The van der Waals surface area contributed by atoms with E-state index in [9.17, 15) is 0 Å². The van der Waals surface area contributed by atoms with Crippen LogP contribution in [0.15, 0.2) is 16.8 Å². The molecule has 0 radical (unpaired) electrons. The van der Waals surface area contributed by atoms with Crippen LogP contribution in [0.4, 0.5) is 0 Å². The fraction of sp³-hybridized carbons (Fsp3) is 0.765. The van der Waals surface area contributed by atoms with E-state index in [-0.39, 0.29) is 0 Å². The second-order valence-electron chi connectivity index (χ2n) is 7.74. The van der Waals surface area contributed by atoms with Crippen LogP contribution in [0.25, 0.3) is 0 Å². The number of thiophene rings is 1. The van der Waals surface area contributed by atoms with Crippen LogP contribution in [0.3, 0.4) is 0 Å². The van der Waals surface area contributed by atoms with Gasteiger partial charge in [-0.15, -0.1) is 0 Å². The first kappa shape index (κ1) is 14.6. The van der Waals surface area contributed by atoms with E-state index in [1.165, 1.54) is 44.3 Å². The highest BCUT2D eigenvalue weighted by Gasteiger charge is 2.45. The first-order valence-electron chi connectivity index (χ1n) is 7.99. The van der Waals surface area contributed by atoms with Crippen LogP contribution in [-0.2, 0) is 6.54 Å². The molecule has 1 N–H and O–H groups in total. The topological polar surface area (TPSA) is 15.3 Å². The lowest BCUT2D eigenvalue weighted by molar-refractivity contribution is 0.0108. The first-order valence-corrected chi connectivity index (χ1v) is 8.93. The molecule has 3 rings (SSSR count). The molecule has 2 nitrogen and oxygen atoms in total. The van der Waals surface area contributed by atoms with Gasteiger partial charge in [0.2, 0.25) is 0 Å². The zero-order valence-corrected chi connectivity index (χ0v) is 13.9. The SMILES string of the molecule is CC(C)(C)C1CN(Cc2ccsc2)C2(CCCC2)CN1. The molecule has 0 amide bonds. The summed E-state index contributed by atoms with van der Waals surface area (Å²) in [6.07, 6.45) is 5.56. The van der Waals surface area contributed by atoms with Crippen molar-refractivity contribution in [2.75, 3.05) is 13.1 Å². The summed E-state index contributed by atoms with van der Waals surface area (Å²) >= 11 is 1.82. The van der Waals surface area contributed by atoms with Crippen LogP contribution in [0.2, 0.25) is 0 Å². The maximum absolute atomic E-state index is 3.86. The Morgan fingerprint density at radius 3 is 2.70 bits per heavy atom. The molecule has 112 valence electrons. The third kappa shape index (κ3) is 2.81. The van der Waals surface area contributed by atoms with Gasteiger partial charge in [0.05, 0.1) is 0 Å². The molecule has 20 heavy (non-hydrogen) atoms. The van der Waals surface area contributed by atoms with E-state index >= 15 is 0 Å². The summed E-state index contributed by atoms with van der Waals surface area (Å²) in [6.45, 7) is 10.6. The Labute approximate surface area is 127 Å². The third-order valence-electron chi connectivity index (χ3n) is 5.28. The lowest BCUT2D eigenvalue weighted by Gasteiger charge is -2.51. The molecule has 1 aliphatic carbocycles. The Morgan fingerprint density at radius 2 is 2.10 bits per heavy atom. The zero-order chi connectivity index (χ0) is 14.2. The lowest BCUT2D eigenvalue weighted by Crippen LogP contribution is -2.65. The maximum atomic E-state index is 3.86. The lowest BCUT2D eigenvalue weighted by atomic mass is 9.81. The molecule has 1 unspecified atom stereocenters. The summed E-state index contributed by atoms with van der Waals surface area (Å²) in [5.74, 6) is 0. The minimum Gasteiger partial charge on any atom is -0.310 e. The van der Waals surface area contributed by atoms with Gasteiger partial charge in [0.25, 0.3) is 0 Å². The monoisotopic (exact) mass is 292 g/mol. The van der Waals surface area contributed by atoms with Gasteiger partial charge in [0, 0.05) is 31.2 Å². The van der Waals surface area contributed by atoms with Crippen LogP contribution in [0.1, 0.15) is 52.0 Å². The standard InChI is InChI=1S/C17H28N2S/c1-16(2,3)15-11-19(10-14-6-9-20-12-14)17(13-18-15)7-4-5-8-17/h6,9,12,15,18H,4-5,7-8,10-11,13H2,1-3H3. The van der Waals surface area contributed by atoms with E-state index in [4.69, 9.17) is 0 Å². The quantitative estimate of drug-likeness (QED) is 0.890. The second-order valence-corrected chi connectivity index (χ2v) is 8.52. The van der Waals surface area contributed by atoms with Gasteiger partial charge in [-0.1, -0.05) is 33.6 Å². The summed E-state index contributed by atoms with van der Waals surface area (Å²) in [4.78, 5) is 2.80. The molecule has 0 aromatic carbocycles. The van der Waals surface area contributed by atoms with Crippen LogP contribution in [-0.4, -0.2) is 29.6 Å². The van der Waals surface area contributed by atoms with Gasteiger partial charge in [-0.2, -0.15) is 11.3 Å². The summed E-state index contributed by atoms with van der Waals surface area (Å²) in [6, 6.07) is 2.90. The molecule has 1 aliphatic heterocycles. The van der Waals surface area contributed by atoms with E-state index in [2.05, 4.69) is 47.8 Å². The van der Waals surface area contributed by atoms with Crippen LogP contribution < -0.4 is 5.32 Å². The fourth-order valence-corrected chi connectivity index (χ4v) is 4.50. The minimum absolute atomic E-state index is 0.340. The highest BCUT2D eigenvalue weighted by Crippen LogP contribution is 2.39. The molecule has 1 saturated carbocycles. The third-order valence-corrected chi connectivity index (χ3v) is 6.02. The van der Waals surface area contributed by atoms with E-state index in [1.807, 2.05) is 11.3 Å². The Balaban J connectivity index is 1.79. The predicted molar refractivity (Wildman–Crippen MR) is 87.2 cm³/mol. The molecule has 2 fully saturated rings. The van der Waals surface area contributed by atoms with Gasteiger partial charge in [0.1, 0.15) is 0 Å². The molecular formula is C17H28N2S. The largest absolute Gasteiger partial charge is 0.310 e. The van der Waals surface area contributed by atoms with Gasteiger partial charge >= 0.3 is 0 Å². The van der Waals surface area contributed by atoms with Crippen molar-refractivity contribution >= 4 is 11.3 Å². The van der Waals surface area contributed by atoms with Crippen molar-refractivity contribution in [3.8, 4) is 0 Å². The summed E-state index contributed by atoms with van der Waals surface area (Å²) in [7, 11) is 0. The first-order chi connectivity index (χ1) is 9.50. The smallest absolute Gasteiger partial charge is 0.0338 e. The Morgan fingerprint density at radius 1 is 1.35 bits per heavy atom. The molecule has 1 saturated heterocycles. The molecule has 1 aromatic rings. The van der Waals surface area contributed by atoms with Gasteiger partial charge in [-0.25, -0.2) is 0 Å². The van der Waals surface area contributed by atoms with Gasteiger partial charge in [-0.05, 0) is 40.6 Å². The second kappa shape index (κ2) is 5.43. The molecular weight excluding hydrogens is 264 g/mol. The van der Waals surface area contributed by atoms with Crippen molar-refractivity contribution in [1.82, 2.24) is 10.2 Å². The number of rotatable bonds is 2. The highest BCUT2D eigenvalue weighted by atomic mass is 32.1. The van der Waals surface area contributed by atoms with Crippen LogP contribution in [0, 0.1) is 5.41 Å². The van der Waals surface area contributed by atoms with Crippen molar-refractivity contribution in [2.45, 2.75) is 64.6 Å². The minimum atomic E-state index is 0.340. The number of piperazine rings is 1. The Hall–Kier alpha value is -0.380. The van der Waals surface area contributed by atoms with E-state index < -0.39 is 0 Å². The average Bonchev–Trinajstić information content (AvgIpc) is 3.02. The molecule has 2 aliphatic rings. The van der Waals surface area contributed by atoms with Crippen molar-refractivity contribution in [3.63, 3.8) is 0 Å². The maximum Gasteiger partial charge on any atom is 0.0338 e. The molecule has 0 bridgehead atoms. The summed E-state index contributed by atoms with van der Waals surface area (Å²) in [5.41, 5.74) is 2.27. The van der Waals surface area contributed by atoms with E-state index in [1.54, 1.807) is 0 Å². The Kier molecular flexibility index (Phi) is 3.95. The average molecular weight is 292 g/mol. The van der Waals surface area contributed by atoms with Crippen LogP contribution in [0.5, 0.6) is 0 Å². The van der Waals surface area contributed by atoms with Gasteiger partial charge in [-0.3, -0.25) is 4.90 Å². The Bertz CT molecular complexity index is 426. The summed E-state index contributed by atoms with van der Waals surface area (Å²) in [5, 5.41) is 8.39. The molecule has 3 heteroatoms. The molecule has 2 heterocycles. The number of hydrogen-bond acceptors (Lipinski definition) is 3. The fourth-order valence-electron chi connectivity index (χ4n) is 3.84. The van der Waals surface area contributed by atoms with Gasteiger partial charge < -0.3 is 5.32 Å². The zero-order valence-electron chi connectivity index (χ0n) is 13.1. The number of nitrogens with zero attached hydrogens (tertiary/aromatic N) is 1. The van der Waals surface area contributed by atoms with Gasteiger partial charge in [0.15, 0.2) is 0 Å². The number of hydrogen-bond donors (Lipinski definition) is 1. The van der Waals surface area contributed by atoms with Crippen molar-refractivity contribution in [2.24, 2.45) is 5.41 Å². The van der Waals surface area contributed by atoms with E-state index in [0.29, 0.717) is 17.0 Å². The highest BCUT2D eigenvalue weighted by molar-refractivity contribution is 7.07. The molecule has 1 atom stereocenters. The van der Waals surface area contributed by atoms with E-state index in [0.717, 1.165) is 6.54 Å².